The van der Waals surface area contributed by atoms with Gasteiger partial charge in [0, 0.05) is 84.1 Å². The van der Waals surface area contributed by atoms with Crippen molar-refractivity contribution in [3.63, 3.8) is 0 Å². The highest BCUT2D eigenvalue weighted by Gasteiger charge is 2.19. The van der Waals surface area contributed by atoms with E-state index in [4.69, 9.17) is 15.1 Å². The molecule has 2 aromatic rings. The largest absolute Gasteiger partial charge is 0.367 e. The standard InChI is InChI=1S/C30H44N10.C2H6/c1-37-17-21-39(22-18-37)15-13-31-29-27(36-35-26-11-7-4-8-12-26)30(32-14-16-40-23-19-38(2)20-24-40)34-28(33-29)25-9-5-3-6-10-25;1-2/h3,5-7,9-12H,4,8,13-24H2,1-2H3,(H2,31,32,33,34);1-2H3. The van der Waals surface area contributed by atoms with E-state index in [0.717, 1.165) is 103 Å². The van der Waals surface area contributed by atoms with E-state index in [2.05, 4.69) is 73.7 Å². The summed E-state index contributed by atoms with van der Waals surface area (Å²) in [6.07, 6.45) is 8.34. The van der Waals surface area contributed by atoms with Gasteiger partial charge in [-0.3, -0.25) is 9.80 Å². The summed E-state index contributed by atoms with van der Waals surface area (Å²) in [4.78, 5) is 19.7. The van der Waals surface area contributed by atoms with Crippen molar-refractivity contribution in [2.45, 2.75) is 26.7 Å². The Morgan fingerprint density at radius 3 is 1.76 bits per heavy atom. The van der Waals surface area contributed by atoms with Crippen molar-refractivity contribution in [1.82, 2.24) is 29.6 Å². The Morgan fingerprint density at radius 2 is 1.26 bits per heavy atom. The van der Waals surface area contributed by atoms with Crippen molar-refractivity contribution in [3.05, 3.63) is 54.3 Å². The van der Waals surface area contributed by atoms with Gasteiger partial charge in [-0.25, -0.2) is 9.97 Å². The van der Waals surface area contributed by atoms with Crippen LogP contribution in [0.1, 0.15) is 26.7 Å². The van der Waals surface area contributed by atoms with Gasteiger partial charge < -0.3 is 20.4 Å². The highest BCUT2D eigenvalue weighted by molar-refractivity contribution is 5.77. The Kier molecular flexibility index (Phi) is 12.9. The smallest absolute Gasteiger partial charge is 0.170 e. The van der Waals surface area contributed by atoms with E-state index in [9.17, 15) is 0 Å². The number of piperazine rings is 2. The lowest BCUT2D eigenvalue weighted by atomic mass is 10.2. The molecule has 1 aromatic carbocycles. The number of hydrogen-bond acceptors (Lipinski definition) is 10. The van der Waals surface area contributed by atoms with E-state index in [1.807, 2.05) is 38.1 Å². The molecule has 3 heterocycles. The number of rotatable bonds is 11. The third-order valence-electron chi connectivity index (χ3n) is 7.79. The number of likely N-dealkylation sites (N-methyl/N-ethyl adjacent to an activating group) is 2. The molecule has 2 fully saturated rings. The molecule has 228 valence electrons. The molecule has 0 saturated carbocycles. The van der Waals surface area contributed by atoms with E-state index in [1.165, 1.54) is 0 Å². The summed E-state index contributed by atoms with van der Waals surface area (Å²) < 4.78 is 0. The quantitative estimate of drug-likeness (QED) is 0.370. The molecular formula is C32H50N10. The van der Waals surface area contributed by atoms with Crippen LogP contribution in [0.3, 0.4) is 0 Å². The van der Waals surface area contributed by atoms with Crippen LogP contribution in [0.15, 0.2) is 64.5 Å². The van der Waals surface area contributed by atoms with Gasteiger partial charge in [0.2, 0.25) is 0 Å². The van der Waals surface area contributed by atoms with Gasteiger partial charge in [-0.05, 0) is 33.0 Å². The minimum absolute atomic E-state index is 0.663. The molecule has 1 aliphatic carbocycles. The fourth-order valence-electron chi connectivity index (χ4n) is 5.10. The average Bonchev–Trinajstić information content (AvgIpc) is 3.04. The number of azo groups is 1. The number of aromatic nitrogens is 2. The zero-order chi connectivity index (χ0) is 29.6. The van der Waals surface area contributed by atoms with Crippen LogP contribution in [0.5, 0.6) is 0 Å². The number of hydrogen-bond donors (Lipinski definition) is 2. The molecule has 3 aliphatic rings. The number of allylic oxidation sites excluding steroid dienone is 3. The van der Waals surface area contributed by atoms with E-state index >= 15 is 0 Å². The predicted molar refractivity (Wildman–Crippen MR) is 175 cm³/mol. The van der Waals surface area contributed by atoms with Crippen LogP contribution in [0.4, 0.5) is 17.3 Å². The first-order valence-electron chi connectivity index (χ1n) is 15.7. The summed E-state index contributed by atoms with van der Waals surface area (Å²) in [5.41, 5.74) is 2.52. The van der Waals surface area contributed by atoms with Crippen molar-refractivity contribution in [3.8, 4) is 11.4 Å². The highest BCUT2D eigenvalue weighted by atomic mass is 15.3. The number of nitrogens with zero attached hydrogens (tertiary/aromatic N) is 8. The molecule has 10 heteroatoms. The van der Waals surface area contributed by atoms with E-state index in [-0.39, 0.29) is 0 Å². The molecule has 10 nitrogen and oxygen atoms in total. The molecule has 0 spiro atoms. The monoisotopic (exact) mass is 574 g/mol. The first-order valence-corrected chi connectivity index (χ1v) is 15.7. The van der Waals surface area contributed by atoms with Gasteiger partial charge in [-0.15, -0.1) is 5.11 Å². The number of anilines is 2. The maximum absolute atomic E-state index is 4.97. The summed E-state index contributed by atoms with van der Waals surface area (Å²) >= 11 is 0. The average molecular weight is 575 g/mol. The molecule has 2 aliphatic heterocycles. The SMILES string of the molecule is CC.CN1CCN(CCNc2nc(-c3ccccc3)nc(NCCN3CCN(C)CC3)c2N=NC2=CCCC=C2)CC1. The zero-order valence-corrected chi connectivity index (χ0v) is 26.1. The minimum atomic E-state index is 0.663. The van der Waals surface area contributed by atoms with Gasteiger partial charge >= 0.3 is 0 Å². The normalized spacial score (nSPS) is 18.9. The highest BCUT2D eigenvalue weighted by Crippen LogP contribution is 2.34. The third-order valence-corrected chi connectivity index (χ3v) is 7.79. The third kappa shape index (κ3) is 9.69. The van der Waals surface area contributed by atoms with Crippen LogP contribution in [0.2, 0.25) is 0 Å². The second-order valence-electron chi connectivity index (χ2n) is 10.9. The molecule has 0 unspecified atom stereocenters. The molecule has 2 saturated heterocycles. The maximum Gasteiger partial charge on any atom is 0.170 e. The molecule has 0 amide bonds. The van der Waals surface area contributed by atoms with Crippen molar-refractivity contribution in [1.29, 1.82) is 0 Å². The van der Waals surface area contributed by atoms with Crippen molar-refractivity contribution < 1.29 is 0 Å². The van der Waals surface area contributed by atoms with Gasteiger partial charge in [0.15, 0.2) is 23.1 Å². The molecular weight excluding hydrogens is 524 g/mol. The summed E-state index contributed by atoms with van der Waals surface area (Å²) in [5.74, 6) is 2.11. The van der Waals surface area contributed by atoms with E-state index in [1.54, 1.807) is 0 Å². The van der Waals surface area contributed by atoms with Gasteiger partial charge in [0.05, 0.1) is 5.70 Å². The minimum Gasteiger partial charge on any atom is -0.367 e. The van der Waals surface area contributed by atoms with Crippen LogP contribution in [0.25, 0.3) is 11.4 Å². The fourth-order valence-corrected chi connectivity index (χ4v) is 5.10. The van der Waals surface area contributed by atoms with Crippen molar-refractivity contribution in [2.75, 3.05) is 103 Å². The van der Waals surface area contributed by atoms with Crippen molar-refractivity contribution >= 4 is 17.3 Å². The first-order chi connectivity index (χ1) is 20.6. The first kappa shape index (κ1) is 31.7. The molecule has 5 rings (SSSR count). The molecule has 0 atom stereocenters. The predicted octanol–water partition coefficient (Wildman–Crippen LogP) is 4.81. The topological polar surface area (TPSA) is 87.5 Å². The van der Waals surface area contributed by atoms with E-state index < -0.39 is 0 Å². The summed E-state index contributed by atoms with van der Waals surface area (Å²) in [6, 6.07) is 10.2. The van der Waals surface area contributed by atoms with Crippen molar-refractivity contribution in [2.24, 2.45) is 10.2 Å². The Hall–Kier alpha value is -3.18. The van der Waals surface area contributed by atoms with Crippen LogP contribution in [-0.4, -0.2) is 122 Å². The molecule has 42 heavy (non-hydrogen) atoms. The molecule has 1 aromatic heterocycles. The van der Waals surface area contributed by atoms with Gasteiger partial charge in [-0.2, -0.15) is 5.11 Å². The molecule has 0 radical (unpaired) electrons. The molecule has 0 bridgehead atoms. The Bertz CT molecular complexity index is 1110. The van der Waals surface area contributed by atoms with Gasteiger partial charge in [0.25, 0.3) is 0 Å². The van der Waals surface area contributed by atoms with Crippen LogP contribution in [-0.2, 0) is 0 Å². The van der Waals surface area contributed by atoms with Gasteiger partial charge in [0.1, 0.15) is 0 Å². The fraction of sp³-hybridized carbons (Fsp3) is 0.562. The summed E-state index contributed by atoms with van der Waals surface area (Å²) in [6.45, 7) is 16.2. The van der Waals surface area contributed by atoms with Gasteiger partial charge in [-0.1, -0.05) is 56.3 Å². The Balaban J connectivity index is 0.00000198. The lowest BCUT2D eigenvalue weighted by Crippen LogP contribution is -2.45. The van der Waals surface area contributed by atoms with Crippen LogP contribution < -0.4 is 10.6 Å². The Labute approximate surface area is 252 Å². The summed E-state index contributed by atoms with van der Waals surface area (Å²) in [5, 5.41) is 16.5. The second-order valence-corrected chi connectivity index (χ2v) is 10.9. The van der Waals surface area contributed by atoms with Crippen LogP contribution in [0, 0.1) is 0 Å². The molecule has 2 N–H and O–H groups in total. The van der Waals surface area contributed by atoms with Crippen LogP contribution >= 0.6 is 0 Å². The maximum atomic E-state index is 4.97. The second kappa shape index (κ2) is 17.1. The summed E-state index contributed by atoms with van der Waals surface area (Å²) in [7, 11) is 4.38. The zero-order valence-electron chi connectivity index (χ0n) is 26.1. The Morgan fingerprint density at radius 1 is 0.714 bits per heavy atom. The number of nitrogens with one attached hydrogen (secondary N) is 2. The lowest BCUT2D eigenvalue weighted by molar-refractivity contribution is 0.158. The lowest BCUT2D eigenvalue weighted by Gasteiger charge is -2.32. The van der Waals surface area contributed by atoms with E-state index in [0.29, 0.717) is 23.1 Å². The number of benzene rings is 1.